The van der Waals surface area contributed by atoms with Gasteiger partial charge in [-0.15, -0.1) is 0 Å². The van der Waals surface area contributed by atoms with Gasteiger partial charge in [0.15, 0.2) is 5.82 Å². The molecule has 1 saturated heterocycles. The number of aromatic nitrogens is 4. The van der Waals surface area contributed by atoms with Gasteiger partial charge in [0.25, 0.3) is 5.91 Å². The average Bonchev–Trinajstić information content (AvgIpc) is 3.09. The van der Waals surface area contributed by atoms with Crippen LogP contribution in [-0.2, 0) is 0 Å². The molecular weight excluding hydrogens is 282 g/mol. The number of amides is 1. The van der Waals surface area contributed by atoms with E-state index < -0.39 is 0 Å². The summed E-state index contributed by atoms with van der Waals surface area (Å²) in [4.78, 5) is 27.1. The molecule has 0 unspecified atom stereocenters. The highest BCUT2D eigenvalue weighted by Crippen LogP contribution is 2.26. The molecule has 0 N–H and O–H groups in total. The normalized spacial score (nSPS) is 16.2. The summed E-state index contributed by atoms with van der Waals surface area (Å²) in [5.74, 6) is 1.87. The van der Waals surface area contributed by atoms with Crippen LogP contribution in [-0.4, -0.2) is 44.0 Å². The molecule has 22 heavy (non-hydrogen) atoms. The predicted octanol–water partition coefficient (Wildman–Crippen LogP) is 2.00. The molecule has 0 atom stereocenters. The Morgan fingerprint density at radius 1 is 1.32 bits per heavy atom. The van der Waals surface area contributed by atoms with Gasteiger partial charge in [-0.25, -0.2) is 9.97 Å². The largest absolute Gasteiger partial charge is 0.343 e. The van der Waals surface area contributed by atoms with Gasteiger partial charge in [0.2, 0.25) is 6.39 Å². The predicted molar refractivity (Wildman–Crippen MR) is 78.3 cm³/mol. The highest BCUT2D eigenvalue weighted by molar-refractivity contribution is 5.92. The zero-order valence-electron chi connectivity index (χ0n) is 12.8. The zero-order chi connectivity index (χ0) is 15.5. The summed E-state index contributed by atoms with van der Waals surface area (Å²) in [6, 6.07) is 1.68. The summed E-state index contributed by atoms with van der Waals surface area (Å²) >= 11 is 0. The second kappa shape index (κ2) is 6.21. The molecule has 0 spiro atoms. The molecule has 116 valence electrons. The number of likely N-dealkylation sites (tertiary alicyclic amines) is 1. The Balaban J connectivity index is 1.66. The monoisotopic (exact) mass is 301 g/mol. The third-order valence-electron chi connectivity index (χ3n) is 3.94. The first-order chi connectivity index (χ1) is 10.6. The number of carbonyl (C=O) groups excluding carboxylic acids is 1. The molecule has 0 saturated carbocycles. The van der Waals surface area contributed by atoms with Crippen molar-refractivity contribution < 1.29 is 9.32 Å². The van der Waals surface area contributed by atoms with Gasteiger partial charge >= 0.3 is 0 Å². The lowest BCUT2D eigenvalue weighted by Gasteiger charge is -2.30. The van der Waals surface area contributed by atoms with E-state index >= 15 is 0 Å². The van der Waals surface area contributed by atoms with Gasteiger partial charge in [-0.05, 0) is 18.9 Å². The molecule has 0 aromatic carbocycles. The van der Waals surface area contributed by atoms with Crippen LogP contribution in [0.1, 0.15) is 60.7 Å². The van der Waals surface area contributed by atoms with Crippen LogP contribution < -0.4 is 0 Å². The highest BCUT2D eigenvalue weighted by Gasteiger charge is 2.27. The number of carbonyl (C=O) groups is 1. The molecule has 1 fully saturated rings. The molecule has 0 radical (unpaired) electrons. The average molecular weight is 301 g/mol. The molecule has 0 aliphatic carbocycles. The summed E-state index contributed by atoms with van der Waals surface area (Å²) in [7, 11) is 0. The summed E-state index contributed by atoms with van der Waals surface area (Å²) in [5.41, 5.74) is 0.469. The van der Waals surface area contributed by atoms with Crippen molar-refractivity contribution in [2.75, 3.05) is 13.1 Å². The molecular formula is C15H19N5O2. The Morgan fingerprint density at radius 2 is 2.09 bits per heavy atom. The molecule has 7 nitrogen and oxygen atoms in total. The number of hydrogen-bond acceptors (Lipinski definition) is 6. The van der Waals surface area contributed by atoms with Crippen molar-refractivity contribution in [3.63, 3.8) is 0 Å². The lowest BCUT2D eigenvalue weighted by atomic mass is 9.96. The molecule has 0 bridgehead atoms. The lowest BCUT2D eigenvalue weighted by Crippen LogP contribution is -2.38. The first-order valence-corrected chi connectivity index (χ1v) is 7.53. The maximum atomic E-state index is 12.6. The fourth-order valence-corrected chi connectivity index (χ4v) is 2.63. The molecule has 1 aliphatic heterocycles. The van der Waals surface area contributed by atoms with E-state index in [0.717, 1.165) is 18.7 Å². The van der Waals surface area contributed by atoms with Crippen LogP contribution in [0.5, 0.6) is 0 Å². The van der Waals surface area contributed by atoms with Crippen LogP contribution in [0.25, 0.3) is 0 Å². The fraction of sp³-hybridized carbons (Fsp3) is 0.533. The fourth-order valence-electron chi connectivity index (χ4n) is 2.63. The zero-order valence-corrected chi connectivity index (χ0v) is 12.8. The molecule has 2 aromatic heterocycles. The van der Waals surface area contributed by atoms with Gasteiger partial charge in [-0.2, -0.15) is 4.98 Å². The van der Waals surface area contributed by atoms with Crippen molar-refractivity contribution in [3.8, 4) is 0 Å². The smallest absolute Gasteiger partial charge is 0.272 e. The van der Waals surface area contributed by atoms with E-state index in [2.05, 4.69) is 20.1 Å². The second-order valence-corrected chi connectivity index (χ2v) is 5.81. The third-order valence-corrected chi connectivity index (χ3v) is 3.94. The summed E-state index contributed by atoms with van der Waals surface area (Å²) in [5, 5.41) is 3.89. The van der Waals surface area contributed by atoms with Gasteiger partial charge in [0.05, 0.1) is 0 Å². The van der Waals surface area contributed by atoms with Crippen molar-refractivity contribution in [3.05, 3.63) is 36.0 Å². The molecule has 1 amide bonds. The van der Waals surface area contributed by atoms with Gasteiger partial charge < -0.3 is 9.42 Å². The van der Waals surface area contributed by atoms with Crippen LogP contribution >= 0.6 is 0 Å². The van der Waals surface area contributed by atoms with Crippen molar-refractivity contribution in [1.29, 1.82) is 0 Å². The lowest BCUT2D eigenvalue weighted by molar-refractivity contribution is 0.0704. The topological polar surface area (TPSA) is 85.0 Å². The second-order valence-electron chi connectivity index (χ2n) is 5.81. The van der Waals surface area contributed by atoms with Gasteiger partial charge in [-0.3, -0.25) is 4.79 Å². The van der Waals surface area contributed by atoms with E-state index in [1.165, 1.54) is 6.39 Å². The first-order valence-electron chi connectivity index (χ1n) is 7.53. The standard InChI is InChI=1S/C15H19N5O2/c1-10(2)13-16-6-3-12(18-13)15(21)20-7-4-11(5-8-20)14-17-9-22-19-14/h3,6,9-11H,4-5,7-8H2,1-2H3. The molecule has 3 heterocycles. The Hall–Kier alpha value is -2.31. The summed E-state index contributed by atoms with van der Waals surface area (Å²) in [6.07, 6.45) is 4.68. The van der Waals surface area contributed by atoms with Gasteiger partial charge in [0.1, 0.15) is 11.5 Å². The number of nitrogens with zero attached hydrogens (tertiary/aromatic N) is 5. The van der Waals surface area contributed by atoms with Crippen molar-refractivity contribution in [1.82, 2.24) is 25.0 Å². The minimum absolute atomic E-state index is 0.0316. The number of rotatable bonds is 3. The SMILES string of the molecule is CC(C)c1nccc(C(=O)N2CCC(c3ncon3)CC2)n1. The summed E-state index contributed by atoms with van der Waals surface area (Å²) < 4.78 is 4.79. The Kier molecular flexibility index (Phi) is 4.13. The minimum Gasteiger partial charge on any atom is -0.343 e. The molecule has 1 aliphatic rings. The van der Waals surface area contributed by atoms with Gasteiger partial charge in [-0.1, -0.05) is 19.0 Å². The maximum Gasteiger partial charge on any atom is 0.272 e. The summed E-state index contributed by atoms with van der Waals surface area (Å²) in [6.45, 7) is 5.39. The molecule has 7 heteroatoms. The van der Waals surface area contributed by atoms with E-state index in [4.69, 9.17) is 4.52 Å². The minimum atomic E-state index is -0.0316. The van der Waals surface area contributed by atoms with E-state index in [1.54, 1.807) is 12.3 Å². The van der Waals surface area contributed by atoms with E-state index in [0.29, 0.717) is 24.6 Å². The molecule has 3 rings (SSSR count). The number of piperidine rings is 1. The first kappa shape index (κ1) is 14.6. The molecule has 2 aromatic rings. The number of hydrogen-bond donors (Lipinski definition) is 0. The van der Waals surface area contributed by atoms with Crippen LogP contribution in [0.2, 0.25) is 0 Å². The van der Waals surface area contributed by atoms with E-state index in [9.17, 15) is 4.79 Å². The quantitative estimate of drug-likeness (QED) is 0.862. The Bertz CT molecular complexity index is 633. The van der Waals surface area contributed by atoms with Crippen LogP contribution in [0.15, 0.2) is 23.2 Å². The van der Waals surface area contributed by atoms with Crippen LogP contribution in [0.4, 0.5) is 0 Å². The van der Waals surface area contributed by atoms with Gasteiger partial charge in [0, 0.05) is 31.1 Å². The van der Waals surface area contributed by atoms with Crippen molar-refractivity contribution >= 4 is 5.91 Å². The Morgan fingerprint density at radius 3 is 2.73 bits per heavy atom. The van der Waals surface area contributed by atoms with Crippen LogP contribution in [0.3, 0.4) is 0 Å². The van der Waals surface area contributed by atoms with E-state index in [-0.39, 0.29) is 17.7 Å². The highest BCUT2D eigenvalue weighted by atomic mass is 16.5. The Labute approximate surface area is 128 Å². The third kappa shape index (κ3) is 2.98. The van der Waals surface area contributed by atoms with Crippen LogP contribution in [0, 0.1) is 0 Å². The maximum absolute atomic E-state index is 12.6. The van der Waals surface area contributed by atoms with E-state index in [1.807, 2.05) is 18.7 Å². The van der Waals surface area contributed by atoms with Crippen molar-refractivity contribution in [2.45, 2.75) is 38.5 Å². The van der Waals surface area contributed by atoms with Crippen molar-refractivity contribution in [2.24, 2.45) is 0 Å².